The molecule has 0 fully saturated rings. The molecule has 0 saturated heterocycles. The molecule has 0 bridgehead atoms. The molecule has 0 aromatic carbocycles. The quantitative estimate of drug-likeness (QED) is 0.644. The van der Waals surface area contributed by atoms with Crippen LogP contribution in [0.4, 0.5) is 0 Å². The van der Waals surface area contributed by atoms with E-state index in [0.717, 1.165) is 18.5 Å². The highest BCUT2D eigenvalue weighted by Gasteiger charge is 2.04. The summed E-state index contributed by atoms with van der Waals surface area (Å²) in [6.07, 6.45) is 10.6. The largest absolute Gasteiger partial charge is 0.299 e. The third-order valence-corrected chi connectivity index (χ3v) is 2.30. The topological polar surface area (TPSA) is 42.9 Å². The zero-order valence-corrected chi connectivity index (χ0v) is 9.28. The van der Waals surface area contributed by atoms with Gasteiger partial charge in [0.15, 0.2) is 0 Å². The summed E-state index contributed by atoms with van der Waals surface area (Å²) in [6.45, 7) is 2.17. The van der Waals surface area contributed by atoms with E-state index in [2.05, 4.69) is 16.9 Å². The van der Waals surface area contributed by atoms with Gasteiger partial charge in [-0.25, -0.2) is 0 Å². The second kappa shape index (κ2) is 7.10. The van der Waals surface area contributed by atoms with Crippen LogP contribution in [0.25, 0.3) is 0 Å². The number of carbonyl (C=O) groups is 1. The highest BCUT2D eigenvalue weighted by molar-refractivity contribution is 5.80. The third kappa shape index (κ3) is 5.25. The predicted octanol–water partition coefficient (Wildman–Crippen LogP) is 2.56. The molecule has 1 heterocycles. The minimum Gasteiger partial charge on any atom is -0.299 e. The minimum atomic E-state index is 0.270. The van der Waals surface area contributed by atoms with Crippen LogP contribution in [0.3, 0.4) is 0 Å². The first-order valence-corrected chi connectivity index (χ1v) is 5.59. The Morgan fingerprint density at radius 3 is 2.80 bits per heavy atom. The molecule has 3 heteroatoms. The average Bonchev–Trinajstić information content (AvgIpc) is 2.26. The van der Waals surface area contributed by atoms with E-state index in [9.17, 15) is 4.79 Å². The van der Waals surface area contributed by atoms with E-state index in [4.69, 9.17) is 0 Å². The van der Waals surface area contributed by atoms with Gasteiger partial charge in [0, 0.05) is 25.0 Å². The Kier molecular flexibility index (Phi) is 5.59. The van der Waals surface area contributed by atoms with Crippen molar-refractivity contribution in [2.24, 2.45) is 0 Å². The molecule has 0 spiro atoms. The van der Waals surface area contributed by atoms with Gasteiger partial charge in [0.05, 0.1) is 12.1 Å². The van der Waals surface area contributed by atoms with E-state index in [-0.39, 0.29) is 5.78 Å². The Hall–Kier alpha value is -1.25. The molecule has 1 aromatic rings. The van der Waals surface area contributed by atoms with Gasteiger partial charge in [0.2, 0.25) is 0 Å². The molecule has 0 unspecified atom stereocenters. The van der Waals surface area contributed by atoms with Gasteiger partial charge in [0.1, 0.15) is 5.78 Å². The molecule has 0 aliphatic carbocycles. The molecule has 0 aliphatic heterocycles. The lowest BCUT2D eigenvalue weighted by Gasteiger charge is -1.99. The number of Topliss-reactive ketones (excluding diaryl/α,β-unsaturated/α-hetero) is 1. The molecule has 0 atom stereocenters. The van der Waals surface area contributed by atoms with Crippen molar-refractivity contribution in [1.82, 2.24) is 9.97 Å². The molecular formula is C12H18N2O. The van der Waals surface area contributed by atoms with Crippen LogP contribution in [-0.4, -0.2) is 15.8 Å². The number of rotatable bonds is 7. The highest BCUT2D eigenvalue weighted by Crippen LogP contribution is 2.05. The molecule has 0 aliphatic rings. The summed E-state index contributed by atoms with van der Waals surface area (Å²) in [5.74, 6) is 0.270. The first-order valence-electron chi connectivity index (χ1n) is 5.59. The Morgan fingerprint density at radius 2 is 2.13 bits per heavy atom. The number of unbranched alkanes of at least 4 members (excludes halogenated alkanes) is 3. The Bertz CT molecular complexity index is 285. The number of hydrogen-bond donors (Lipinski definition) is 0. The second-order valence-corrected chi connectivity index (χ2v) is 3.72. The first kappa shape index (κ1) is 11.8. The van der Waals surface area contributed by atoms with Crippen LogP contribution < -0.4 is 0 Å². The SMILES string of the molecule is CCCCCCC(=O)Cc1cnccn1. The van der Waals surface area contributed by atoms with E-state index >= 15 is 0 Å². The number of ketones is 1. The van der Waals surface area contributed by atoms with E-state index < -0.39 is 0 Å². The first-order chi connectivity index (χ1) is 7.33. The van der Waals surface area contributed by atoms with Gasteiger partial charge in [-0.15, -0.1) is 0 Å². The zero-order chi connectivity index (χ0) is 10.9. The van der Waals surface area contributed by atoms with Crippen molar-refractivity contribution in [2.45, 2.75) is 45.4 Å². The number of carbonyl (C=O) groups excluding carboxylic acids is 1. The van der Waals surface area contributed by atoms with Gasteiger partial charge in [-0.1, -0.05) is 26.2 Å². The third-order valence-electron chi connectivity index (χ3n) is 2.30. The lowest BCUT2D eigenvalue weighted by Crippen LogP contribution is -2.04. The lowest BCUT2D eigenvalue weighted by atomic mass is 10.1. The van der Waals surface area contributed by atoms with Gasteiger partial charge in [-0.05, 0) is 6.42 Å². The van der Waals surface area contributed by atoms with Crippen molar-refractivity contribution < 1.29 is 4.79 Å². The van der Waals surface area contributed by atoms with Crippen molar-refractivity contribution in [3.63, 3.8) is 0 Å². The van der Waals surface area contributed by atoms with Gasteiger partial charge in [0.25, 0.3) is 0 Å². The van der Waals surface area contributed by atoms with Gasteiger partial charge < -0.3 is 0 Å². The summed E-state index contributed by atoms with van der Waals surface area (Å²) in [6, 6.07) is 0. The number of nitrogens with zero attached hydrogens (tertiary/aromatic N) is 2. The van der Waals surface area contributed by atoms with Crippen LogP contribution in [0.1, 0.15) is 44.7 Å². The van der Waals surface area contributed by atoms with E-state index in [1.165, 1.54) is 12.8 Å². The number of hydrogen-bond acceptors (Lipinski definition) is 3. The molecule has 1 rings (SSSR count). The van der Waals surface area contributed by atoms with E-state index in [0.29, 0.717) is 12.8 Å². The summed E-state index contributed by atoms with van der Waals surface area (Å²) in [5, 5.41) is 0. The van der Waals surface area contributed by atoms with Crippen molar-refractivity contribution in [2.75, 3.05) is 0 Å². The fourth-order valence-electron chi connectivity index (χ4n) is 1.46. The molecule has 82 valence electrons. The van der Waals surface area contributed by atoms with Gasteiger partial charge >= 0.3 is 0 Å². The maximum absolute atomic E-state index is 11.5. The Balaban J connectivity index is 2.19. The molecule has 1 aromatic heterocycles. The normalized spacial score (nSPS) is 10.2. The fraction of sp³-hybridized carbons (Fsp3) is 0.583. The summed E-state index contributed by atoms with van der Waals surface area (Å²) in [7, 11) is 0. The van der Waals surface area contributed by atoms with Gasteiger partial charge in [-0.2, -0.15) is 0 Å². The van der Waals surface area contributed by atoms with E-state index in [1.807, 2.05) is 0 Å². The van der Waals surface area contributed by atoms with Crippen LogP contribution in [0.5, 0.6) is 0 Å². The van der Waals surface area contributed by atoms with Crippen LogP contribution in [0.15, 0.2) is 18.6 Å². The molecule has 0 radical (unpaired) electrons. The highest BCUT2D eigenvalue weighted by atomic mass is 16.1. The second-order valence-electron chi connectivity index (χ2n) is 3.72. The van der Waals surface area contributed by atoms with Crippen LogP contribution >= 0.6 is 0 Å². The summed E-state index contributed by atoms with van der Waals surface area (Å²) < 4.78 is 0. The molecule has 15 heavy (non-hydrogen) atoms. The Labute approximate surface area is 91.0 Å². The predicted molar refractivity (Wildman–Crippen MR) is 59.5 cm³/mol. The van der Waals surface area contributed by atoms with Crippen molar-refractivity contribution in [3.05, 3.63) is 24.3 Å². The molecular weight excluding hydrogens is 188 g/mol. The average molecular weight is 206 g/mol. The zero-order valence-electron chi connectivity index (χ0n) is 9.28. The van der Waals surface area contributed by atoms with Crippen LogP contribution in [0.2, 0.25) is 0 Å². The fourth-order valence-corrected chi connectivity index (χ4v) is 1.46. The van der Waals surface area contributed by atoms with E-state index in [1.54, 1.807) is 18.6 Å². The number of aromatic nitrogens is 2. The minimum absolute atomic E-state index is 0.270. The summed E-state index contributed by atoms with van der Waals surface area (Å²) in [5.41, 5.74) is 0.776. The van der Waals surface area contributed by atoms with Crippen LogP contribution in [-0.2, 0) is 11.2 Å². The smallest absolute Gasteiger partial charge is 0.138 e. The summed E-state index contributed by atoms with van der Waals surface area (Å²) in [4.78, 5) is 19.5. The Morgan fingerprint density at radius 1 is 1.27 bits per heavy atom. The molecule has 3 nitrogen and oxygen atoms in total. The molecule has 0 amide bonds. The van der Waals surface area contributed by atoms with Crippen molar-refractivity contribution >= 4 is 5.78 Å². The standard InChI is InChI=1S/C12H18N2O/c1-2-3-4-5-6-12(15)9-11-10-13-7-8-14-11/h7-8,10H,2-6,9H2,1H3. The maximum atomic E-state index is 11.5. The van der Waals surface area contributed by atoms with Crippen molar-refractivity contribution in [3.8, 4) is 0 Å². The maximum Gasteiger partial charge on any atom is 0.138 e. The monoisotopic (exact) mass is 206 g/mol. The lowest BCUT2D eigenvalue weighted by molar-refractivity contribution is -0.118. The molecule has 0 N–H and O–H groups in total. The summed E-state index contributed by atoms with van der Waals surface area (Å²) >= 11 is 0. The van der Waals surface area contributed by atoms with Crippen LogP contribution in [0, 0.1) is 0 Å². The molecule has 0 saturated carbocycles. The van der Waals surface area contributed by atoms with Crippen molar-refractivity contribution in [1.29, 1.82) is 0 Å². The van der Waals surface area contributed by atoms with Gasteiger partial charge in [-0.3, -0.25) is 14.8 Å².